The highest BCUT2D eigenvalue weighted by Crippen LogP contribution is 2.28. The Bertz CT molecular complexity index is 1020. The van der Waals surface area contributed by atoms with E-state index in [1.54, 1.807) is 25.4 Å². The van der Waals surface area contributed by atoms with E-state index < -0.39 is 0 Å². The first-order chi connectivity index (χ1) is 15.6. The lowest BCUT2D eigenvalue weighted by atomic mass is 10.2. The maximum Gasteiger partial charge on any atom is 0.233 e. The third-order valence-electron chi connectivity index (χ3n) is 5.35. The van der Waals surface area contributed by atoms with Crippen LogP contribution < -0.4 is 20.7 Å². The van der Waals surface area contributed by atoms with Crippen molar-refractivity contribution in [3.8, 4) is 5.75 Å². The van der Waals surface area contributed by atoms with Crippen molar-refractivity contribution in [2.45, 2.75) is 32.4 Å². The van der Waals surface area contributed by atoms with Crippen LogP contribution in [0.5, 0.6) is 5.75 Å². The number of likely N-dealkylation sites (N-methyl/N-ethyl adjacent to an activating group) is 1. The van der Waals surface area contributed by atoms with Gasteiger partial charge in [0.05, 0.1) is 24.9 Å². The van der Waals surface area contributed by atoms with E-state index in [0.717, 1.165) is 31.7 Å². The van der Waals surface area contributed by atoms with Crippen LogP contribution in [-0.4, -0.2) is 57.6 Å². The minimum atomic E-state index is 0.391. The molecular weight excluding hydrogens is 432 g/mol. The first kappa shape index (κ1) is 22.1. The Hall–Kier alpha value is -3.11. The highest BCUT2D eigenvalue weighted by molar-refractivity contribution is 6.32. The summed E-state index contributed by atoms with van der Waals surface area (Å²) in [4.78, 5) is 19.9. The molecule has 1 unspecified atom stereocenters. The lowest BCUT2D eigenvalue weighted by molar-refractivity contribution is 0.277. The Morgan fingerprint density at radius 1 is 1.19 bits per heavy atom. The number of nitrogens with one attached hydrogen (secondary N) is 3. The van der Waals surface area contributed by atoms with Crippen molar-refractivity contribution in [1.82, 2.24) is 24.8 Å². The van der Waals surface area contributed by atoms with Crippen LogP contribution in [0.1, 0.15) is 25.5 Å². The molecule has 0 saturated carbocycles. The predicted molar refractivity (Wildman–Crippen MR) is 124 cm³/mol. The lowest BCUT2D eigenvalue weighted by Gasteiger charge is -2.23. The number of aromatic nitrogens is 4. The third-order valence-corrected chi connectivity index (χ3v) is 5.64. The van der Waals surface area contributed by atoms with Gasteiger partial charge >= 0.3 is 0 Å². The van der Waals surface area contributed by atoms with Crippen LogP contribution in [0.3, 0.4) is 0 Å². The number of likely N-dealkylation sites (tertiary alicyclic amines) is 1. The average Bonchev–Trinajstić information content (AvgIpc) is 3.48. The van der Waals surface area contributed by atoms with Crippen molar-refractivity contribution in [1.29, 1.82) is 0 Å². The smallest absolute Gasteiger partial charge is 0.233 e. The molecule has 0 bridgehead atoms. The van der Waals surface area contributed by atoms with Crippen LogP contribution in [0.25, 0.3) is 0 Å². The van der Waals surface area contributed by atoms with Gasteiger partial charge in [-0.15, -0.1) is 0 Å². The number of oxazole rings is 1. The van der Waals surface area contributed by atoms with Gasteiger partial charge in [0, 0.05) is 18.3 Å². The lowest BCUT2D eigenvalue weighted by Crippen LogP contribution is -2.35. The zero-order valence-corrected chi connectivity index (χ0v) is 18.9. The van der Waals surface area contributed by atoms with E-state index in [9.17, 15) is 0 Å². The standard InChI is InChI=1S/C21H27ClN8O2/c1-3-30-8-4-5-15(30)10-24-19-27-20(25-12-16-11-23-13-32-16)29-21(28-19)26-14-6-7-18(31-2)17(22)9-14/h6-7,9,11,13,15H,3-5,8,10,12H2,1-2H3,(H3,24,25,26,27,28,29). The van der Waals surface area contributed by atoms with Gasteiger partial charge in [0.15, 0.2) is 6.39 Å². The summed E-state index contributed by atoms with van der Waals surface area (Å²) in [6, 6.07) is 5.87. The van der Waals surface area contributed by atoms with Gasteiger partial charge < -0.3 is 25.1 Å². The minimum Gasteiger partial charge on any atom is -0.495 e. The van der Waals surface area contributed by atoms with Gasteiger partial charge in [-0.2, -0.15) is 15.0 Å². The molecule has 2 aromatic heterocycles. The normalized spacial score (nSPS) is 16.2. The van der Waals surface area contributed by atoms with Gasteiger partial charge in [-0.1, -0.05) is 18.5 Å². The topological polar surface area (TPSA) is 113 Å². The number of benzene rings is 1. The van der Waals surface area contributed by atoms with E-state index in [-0.39, 0.29) is 0 Å². The molecule has 1 aliphatic heterocycles. The Morgan fingerprint density at radius 3 is 2.72 bits per heavy atom. The largest absolute Gasteiger partial charge is 0.495 e. The number of nitrogens with zero attached hydrogens (tertiary/aromatic N) is 5. The van der Waals surface area contributed by atoms with E-state index in [1.165, 1.54) is 12.8 Å². The fourth-order valence-corrected chi connectivity index (χ4v) is 3.97. The molecule has 32 heavy (non-hydrogen) atoms. The molecular formula is C21H27ClN8O2. The molecule has 4 rings (SSSR count). The second-order valence-corrected chi connectivity index (χ2v) is 7.81. The zero-order valence-electron chi connectivity index (χ0n) is 18.1. The maximum atomic E-state index is 6.25. The van der Waals surface area contributed by atoms with Crippen LogP contribution in [0, 0.1) is 0 Å². The van der Waals surface area contributed by atoms with Gasteiger partial charge in [0.25, 0.3) is 0 Å². The van der Waals surface area contributed by atoms with Gasteiger partial charge in [0.2, 0.25) is 17.8 Å². The molecule has 10 nitrogen and oxygen atoms in total. The quantitative estimate of drug-likeness (QED) is 0.414. The summed E-state index contributed by atoms with van der Waals surface area (Å²) >= 11 is 6.25. The van der Waals surface area contributed by atoms with Gasteiger partial charge in [-0.05, 0) is 44.1 Å². The molecule has 3 N–H and O–H groups in total. The zero-order chi connectivity index (χ0) is 22.3. The predicted octanol–water partition coefficient (Wildman–Crippen LogP) is 3.77. The van der Waals surface area contributed by atoms with Crippen molar-refractivity contribution in [2.75, 3.05) is 42.7 Å². The number of hydrogen-bond donors (Lipinski definition) is 3. The Kier molecular flexibility index (Phi) is 7.23. The SMILES string of the molecule is CCN1CCCC1CNc1nc(NCc2cnco2)nc(Nc2ccc(OC)c(Cl)c2)n1. The summed E-state index contributed by atoms with van der Waals surface area (Å²) in [5.41, 5.74) is 0.738. The molecule has 3 aromatic rings. The van der Waals surface area contributed by atoms with E-state index in [0.29, 0.717) is 47.0 Å². The highest BCUT2D eigenvalue weighted by Gasteiger charge is 2.23. The van der Waals surface area contributed by atoms with Crippen LogP contribution in [-0.2, 0) is 6.54 Å². The number of hydrogen-bond acceptors (Lipinski definition) is 10. The summed E-state index contributed by atoms with van der Waals surface area (Å²) in [5.74, 6) is 2.58. The molecule has 1 saturated heterocycles. The molecule has 1 atom stereocenters. The molecule has 1 aromatic carbocycles. The van der Waals surface area contributed by atoms with Crippen LogP contribution in [0.15, 0.2) is 35.2 Å². The first-order valence-corrected chi connectivity index (χ1v) is 11.0. The van der Waals surface area contributed by atoms with Gasteiger partial charge in [0.1, 0.15) is 11.5 Å². The van der Waals surface area contributed by atoms with Crippen molar-refractivity contribution in [3.05, 3.63) is 41.6 Å². The molecule has 0 amide bonds. The van der Waals surface area contributed by atoms with Crippen molar-refractivity contribution < 1.29 is 9.15 Å². The summed E-state index contributed by atoms with van der Waals surface area (Å²) in [5, 5.41) is 10.2. The number of anilines is 4. The minimum absolute atomic E-state index is 0.391. The van der Waals surface area contributed by atoms with Crippen LogP contribution >= 0.6 is 11.6 Å². The third kappa shape index (κ3) is 5.57. The molecule has 0 aliphatic carbocycles. The fourth-order valence-electron chi connectivity index (χ4n) is 3.71. The van der Waals surface area contributed by atoms with Gasteiger partial charge in [-0.3, -0.25) is 4.90 Å². The molecule has 11 heteroatoms. The summed E-state index contributed by atoms with van der Waals surface area (Å²) < 4.78 is 10.5. The molecule has 3 heterocycles. The Labute approximate surface area is 191 Å². The molecule has 170 valence electrons. The Morgan fingerprint density at radius 2 is 2.00 bits per heavy atom. The Balaban J connectivity index is 1.51. The van der Waals surface area contributed by atoms with E-state index in [2.05, 4.69) is 47.7 Å². The number of ether oxygens (including phenoxy) is 1. The van der Waals surface area contributed by atoms with Crippen LogP contribution in [0.4, 0.5) is 23.5 Å². The first-order valence-electron chi connectivity index (χ1n) is 10.6. The van der Waals surface area contributed by atoms with Crippen molar-refractivity contribution in [2.24, 2.45) is 0 Å². The van der Waals surface area contributed by atoms with Gasteiger partial charge in [-0.25, -0.2) is 4.98 Å². The highest BCUT2D eigenvalue weighted by atomic mass is 35.5. The fraction of sp³-hybridized carbons (Fsp3) is 0.429. The monoisotopic (exact) mass is 458 g/mol. The number of halogens is 1. The molecule has 1 aliphatic rings. The average molecular weight is 459 g/mol. The summed E-state index contributed by atoms with van der Waals surface area (Å²) in [7, 11) is 1.58. The maximum absolute atomic E-state index is 6.25. The summed E-state index contributed by atoms with van der Waals surface area (Å²) in [6.45, 7) is 5.54. The second kappa shape index (κ2) is 10.5. The van der Waals surface area contributed by atoms with Crippen molar-refractivity contribution in [3.63, 3.8) is 0 Å². The van der Waals surface area contributed by atoms with E-state index in [1.807, 2.05) is 6.07 Å². The van der Waals surface area contributed by atoms with E-state index >= 15 is 0 Å². The van der Waals surface area contributed by atoms with Crippen molar-refractivity contribution >= 4 is 35.1 Å². The molecule has 1 fully saturated rings. The number of methoxy groups -OCH3 is 1. The molecule has 0 radical (unpaired) electrons. The number of rotatable bonds is 10. The molecule has 0 spiro atoms. The summed E-state index contributed by atoms with van der Waals surface area (Å²) in [6.07, 6.45) is 5.41. The van der Waals surface area contributed by atoms with Crippen LogP contribution in [0.2, 0.25) is 5.02 Å². The second-order valence-electron chi connectivity index (χ2n) is 7.41. The van der Waals surface area contributed by atoms with E-state index in [4.69, 9.17) is 20.8 Å².